The van der Waals surface area contributed by atoms with Crippen LogP contribution < -0.4 is 14.8 Å². The second-order valence-corrected chi connectivity index (χ2v) is 7.04. The van der Waals surface area contributed by atoms with E-state index in [9.17, 15) is 9.59 Å². The maximum Gasteiger partial charge on any atom is 0.220 e. The molecule has 0 aliphatic carbocycles. The van der Waals surface area contributed by atoms with E-state index in [0.717, 1.165) is 12.0 Å². The molecule has 1 N–H and O–H groups in total. The van der Waals surface area contributed by atoms with Crippen LogP contribution in [0.15, 0.2) is 66.9 Å². The topological polar surface area (TPSA) is 77.5 Å². The molecule has 0 unspecified atom stereocenters. The zero-order valence-electron chi connectivity index (χ0n) is 17.8. The molecule has 1 aromatic heterocycles. The Morgan fingerprint density at radius 2 is 1.68 bits per heavy atom. The molecule has 0 aliphatic rings. The molecule has 2 aromatic carbocycles. The third-order valence-corrected chi connectivity index (χ3v) is 4.81. The summed E-state index contributed by atoms with van der Waals surface area (Å²) >= 11 is 0. The third kappa shape index (κ3) is 6.67. The quantitative estimate of drug-likeness (QED) is 0.482. The van der Waals surface area contributed by atoms with Gasteiger partial charge in [-0.25, -0.2) is 4.98 Å². The van der Waals surface area contributed by atoms with Crippen LogP contribution in [0.1, 0.15) is 41.3 Å². The Labute approximate surface area is 182 Å². The van der Waals surface area contributed by atoms with Gasteiger partial charge in [0, 0.05) is 43.3 Å². The standard InChI is InChI=1S/C25H26N2O4/c1-3-18-7-10-20(11-8-18)23(28)12-13-24(29)26-16-19-9-14-25(27-17-19)31-22-6-4-5-21(15-22)30-2/h4-11,14-15,17H,3,12-13,16H2,1-2H3,(H,26,29). The van der Waals surface area contributed by atoms with Gasteiger partial charge in [0.15, 0.2) is 5.78 Å². The monoisotopic (exact) mass is 418 g/mol. The summed E-state index contributed by atoms with van der Waals surface area (Å²) in [5.41, 5.74) is 2.66. The number of hydrogen-bond acceptors (Lipinski definition) is 5. The van der Waals surface area contributed by atoms with Crippen molar-refractivity contribution in [3.8, 4) is 17.4 Å². The number of hydrogen-bond donors (Lipinski definition) is 1. The van der Waals surface area contributed by atoms with Gasteiger partial charge in [0.1, 0.15) is 11.5 Å². The fourth-order valence-electron chi connectivity index (χ4n) is 2.95. The fourth-order valence-corrected chi connectivity index (χ4v) is 2.95. The fraction of sp³-hybridized carbons (Fsp3) is 0.240. The van der Waals surface area contributed by atoms with E-state index in [0.29, 0.717) is 29.5 Å². The zero-order valence-corrected chi connectivity index (χ0v) is 17.8. The Bertz CT molecular complexity index is 1010. The number of ether oxygens (including phenoxy) is 2. The SMILES string of the molecule is CCc1ccc(C(=O)CCC(=O)NCc2ccc(Oc3cccc(OC)c3)nc2)cc1. The summed E-state index contributed by atoms with van der Waals surface area (Å²) in [5, 5.41) is 2.82. The van der Waals surface area contributed by atoms with Gasteiger partial charge in [0.2, 0.25) is 11.8 Å². The summed E-state index contributed by atoms with van der Waals surface area (Å²) in [5.74, 6) is 1.58. The Morgan fingerprint density at radius 1 is 0.935 bits per heavy atom. The Morgan fingerprint density at radius 3 is 2.35 bits per heavy atom. The Kier molecular flexibility index (Phi) is 7.76. The van der Waals surface area contributed by atoms with Crippen LogP contribution in [-0.4, -0.2) is 23.8 Å². The van der Waals surface area contributed by atoms with Crippen molar-refractivity contribution < 1.29 is 19.1 Å². The van der Waals surface area contributed by atoms with Crippen molar-refractivity contribution in [1.82, 2.24) is 10.3 Å². The molecular formula is C25H26N2O4. The molecule has 3 aromatic rings. The van der Waals surface area contributed by atoms with Crippen LogP contribution in [0.2, 0.25) is 0 Å². The van der Waals surface area contributed by atoms with E-state index < -0.39 is 0 Å². The van der Waals surface area contributed by atoms with Crippen LogP contribution in [0.25, 0.3) is 0 Å². The van der Waals surface area contributed by atoms with Gasteiger partial charge in [-0.15, -0.1) is 0 Å². The van der Waals surface area contributed by atoms with Gasteiger partial charge in [-0.2, -0.15) is 0 Å². The number of carbonyl (C=O) groups is 2. The minimum Gasteiger partial charge on any atom is -0.497 e. The minimum atomic E-state index is -0.171. The Balaban J connectivity index is 1.43. The molecule has 6 heteroatoms. The van der Waals surface area contributed by atoms with E-state index in [1.165, 1.54) is 5.56 Å². The zero-order chi connectivity index (χ0) is 22.1. The molecule has 0 fully saturated rings. The van der Waals surface area contributed by atoms with E-state index in [2.05, 4.69) is 17.2 Å². The molecule has 0 bridgehead atoms. The van der Waals surface area contributed by atoms with E-state index in [4.69, 9.17) is 9.47 Å². The van der Waals surface area contributed by atoms with Crippen molar-refractivity contribution in [3.05, 3.63) is 83.6 Å². The van der Waals surface area contributed by atoms with Crippen LogP contribution in [0.3, 0.4) is 0 Å². The van der Waals surface area contributed by atoms with Crippen molar-refractivity contribution in [2.75, 3.05) is 7.11 Å². The van der Waals surface area contributed by atoms with Gasteiger partial charge in [0.25, 0.3) is 0 Å². The van der Waals surface area contributed by atoms with Crippen molar-refractivity contribution in [1.29, 1.82) is 0 Å². The summed E-state index contributed by atoms with van der Waals surface area (Å²) in [6, 6.07) is 18.4. The summed E-state index contributed by atoms with van der Waals surface area (Å²) in [7, 11) is 1.60. The highest BCUT2D eigenvalue weighted by molar-refractivity contribution is 5.97. The number of nitrogens with zero attached hydrogens (tertiary/aromatic N) is 1. The average molecular weight is 418 g/mol. The van der Waals surface area contributed by atoms with Crippen molar-refractivity contribution in [2.45, 2.75) is 32.7 Å². The number of aryl methyl sites for hydroxylation is 1. The first-order valence-corrected chi connectivity index (χ1v) is 10.2. The van der Waals surface area contributed by atoms with E-state index in [1.807, 2.05) is 48.5 Å². The maximum absolute atomic E-state index is 12.2. The van der Waals surface area contributed by atoms with Gasteiger partial charge in [0.05, 0.1) is 7.11 Å². The predicted molar refractivity (Wildman–Crippen MR) is 119 cm³/mol. The van der Waals surface area contributed by atoms with Crippen LogP contribution in [0.5, 0.6) is 17.4 Å². The van der Waals surface area contributed by atoms with E-state index >= 15 is 0 Å². The average Bonchev–Trinajstić information content (AvgIpc) is 2.82. The van der Waals surface area contributed by atoms with Gasteiger partial charge >= 0.3 is 0 Å². The van der Waals surface area contributed by atoms with Crippen molar-refractivity contribution >= 4 is 11.7 Å². The molecule has 1 heterocycles. The second-order valence-electron chi connectivity index (χ2n) is 7.04. The highest BCUT2D eigenvalue weighted by Gasteiger charge is 2.09. The lowest BCUT2D eigenvalue weighted by molar-refractivity contribution is -0.121. The number of ketones is 1. The molecule has 0 spiro atoms. The number of pyridine rings is 1. The lowest BCUT2D eigenvalue weighted by atomic mass is 10.0. The van der Waals surface area contributed by atoms with Crippen LogP contribution >= 0.6 is 0 Å². The molecule has 0 saturated heterocycles. The molecule has 31 heavy (non-hydrogen) atoms. The summed E-state index contributed by atoms with van der Waals surface area (Å²) < 4.78 is 10.9. The van der Waals surface area contributed by atoms with E-state index in [-0.39, 0.29) is 24.5 Å². The molecule has 0 saturated carbocycles. The molecule has 1 amide bonds. The second kappa shape index (κ2) is 10.9. The number of Topliss-reactive ketones (excluding diaryl/α,β-unsaturated/α-hetero) is 1. The number of rotatable bonds is 10. The molecular weight excluding hydrogens is 392 g/mol. The molecule has 0 atom stereocenters. The first-order chi connectivity index (χ1) is 15.1. The molecule has 3 rings (SSSR count). The molecule has 0 aliphatic heterocycles. The first kappa shape index (κ1) is 22.0. The normalized spacial score (nSPS) is 10.4. The summed E-state index contributed by atoms with van der Waals surface area (Å²) in [4.78, 5) is 28.6. The van der Waals surface area contributed by atoms with Crippen molar-refractivity contribution in [2.24, 2.45) is 0 Å². The Hall–Kier alpha value is -3.67. The maximum atomic E-state index is 12.2. The van der Waals surface area contributed by atoms with Crippen LogP contribution in [-0.2, 0) is 17.8 Å². The van der Waals surface area contributed by atoms with Gasteiger partial charge in [-0.05, 0) is 29.7 Å². The predicted octanol–water partition coefficient (Wildman–Crippen LogP) is 4.72. The van der Waals surface area contributed by atoms with Crippen LogP contribution in [0.4, 0.5) is 0 Å². The summed E-state index contributed by atoms with van der Waals surface area (Å²) in [6.07, 6.45) is 2.91. The molecule has 6 nitrogen and oxygen atoms in total. The largest absolute Gasteiger partial charge is 0.497 e. The smallest absolute Gasteiger partial charge is 0.220 e. The van der Waals surface area contributed by atoms with Gasteiger partial charge in [-0.3, -0.25) is 9.59 Å². The minimum absolute atomic E-state index is 0.0292. The lowest BCUT2D eigenvalue weighted by Gasteiger charge is -2.08. The van der Waals surface area contributed by atoms with Gasteiger partial charge < -0.3 is 14.8 Å². The lowest BCUT2D eigenvalue weighted by Crippen LogP contribution is -2.23. The number of amides is 1. The van der Waals surface area contributed by atoms with E-state index in [1.54, 1.807) is 25.4 Å². The highest BCUT2D eigenvalue weighted by Crippen LogP contribution is 2.23. The number of methoxy groups -OCH3 is 1. The number of aromatic nitrogens is 1. The van der Waals surface area contributed by atoms with Crippen molar-refractivity contribution in [3.63, 3.8) is 0 Å². The van der Waals surface area contributed by atoms with Crippen LogP contribution in [0, 0.1) is 0 Å². The first-order valence-electron chi connectivity index (χ1n) is 10.2. The van der Waals surface area contributed by atoms with Gasteiger partial charge in [-0.1, -0.05) is 43.3 Å². The molecule has 0 radical (unpaired) electrons. The summed E-state index contributed by atoms with van der Waals surface area (Å²) in [6.45, 7) is 2.41. The molecule has 160 valence electrons. The number of benzene rings is 2. The number of nitrogens with one attached hydrogen (secondary N) is 1. The number of carbonyl (C=O) groups excluding carboxylic acids is 2. The highest BCUT2D eigenvalue weighted by atomic mass is 16.5. The third-order valence-electron chi connectivity index (χ3n) is 4.81.